The van der Waals surface area contributed by atoms with Crippen LogP contribution in [0.3, 0.4) is 0 Å². The van der Waals surface area contributed by atoms with Gasteiger partial charge in [0, 0.05) is 23.7 Å². The summed E-state index contributed by atoms with van der Waals surface area (Å²) in [7, 11) is 3.26. The van der Waals surface area contributed by atoms with Gasteiger partial charge in [-0.3, -0.25) is 10.3 Å². The van der Waals surface area contributed by atoms with Crippen molar-refractivity contribution in [2.75, 3.05) is 14.2 Å². The average molecular weight is 417 g/mol. The van der Waals surface area contributed by atoms with Crippen LogP contribution in [-0.2, 0) is 6.42 Å². The second kappa shape index (κ2) is 9.23. The van der Waals surface area contributed by atoms with Crippen molar-refractivity contribution >= 4 is 5.71 Å². The van der Waals surface area contributed by atoms with Gasteiger partial charge in [-0.2, -0.15) is 0 Å². The standard InChI is InChI=1S/C26H28N2O3/c1-4-17-9-11-18(12-10-17)21-16-22(20-7-5-6-8-23(20)29)28-26(27-21)19-13-14-24(30-2)25(15-19)31-3/h5-15,22,26,28-29H,4,16H2,1-3H3/t22-,26-/m0/s1. The number of para-hydroxylation sites is 1. The topological polar surface area (TPSA) is 63.1 Å². The summed E-state index contributed by atoms with van der Waals surface area (Å²) in [6, 6.07) is 21.8. The molecule has 0 unspecified atom stereocenters. The van der Waals surface area contributed by atoms with Crippen LogP contribution in [0.15, 0.2) is 71.7 Å². The summed E-state index contributed by atoms with van der Waals surface area (Å²) in [5.74, 6) is 1.63. The van der Waals surface area contributed by atoms with Gasteiger partial charge in [0.25, 0.3) is 0 Å². The third-order valence-corrected chi connectivity index (χ3v) is 5.77. The third kappa shape index (κ3) is 4.42. The molecule has 2 N–H and O–H groups in total. The minimum absolute atomic E-state index is 0.0716. The number of phenols is 1. The predicted molar refractivity (Wildman–Crippen MR) is 123 cm³/mol. The first-order valence-electron chi connectivity index (χ1n) is 10.5. The van der Waals surface area contributed by atoms with Crippen LogP contribution in [0, 0.1) is 0 Å². The molecule has 1 aliphatic rings. The van der Waals surface area contributed by atoms with Crippen molar-refractivity contribution in [2.24, 2.45) is 4.99 Å². The number of ether oxygens (including phenoxy) is 2. The van der Waals surface area contributed by atoms with E-state index in [0.717, 1.165) is 28.8 Å². The molecule has 0 fully saturated rings. The van der Waals surface area contributed by atoms with Crippen LogP contribution in [0.25, 0.3) is 0 Å². The van der Waals surface area contributed by atoms with E-state index in [2.05, 4.69) is 36.5 Å². The van der Waals surface area contributed by atoms with Gasteiger partial charge < -0.3 is 14.6 Å². The normalized spacial score (nSPS) is 18.4. The second-order valence-electron chi connectivity index (χ2n) is 7.63. The monoisotopic (exact) mass is 416 g/mol. The number of methoxy groups -OCH3 is 2. The lowest BCUT2D eigenvalue weighted by Crippen LogP contribution is -2.33. The molecule has 0 saturated carbocycles. The Morgan fingerprint density at radius 1 is 0.968 bits per heavy atom. The molecule has 0 saturated heterocycles. The van der Waals surface area contributed by atoms with E-state index in [-0.39, 0.29) is 18.0 Å². The Morgan fingerprint density at radius 2 is 1.71 bits per heavy atom. The predicted octanol–water partition coefficient (Wildman–Crippen LogP) is 5.19. The number of aliphatic imine (C=N–C) groups is 1. The Bertz CT molecular complexity index is 1080. The number of aromatic hydroxyl groups is 1. The largest absolute Gasteiger partial charge is 0.508 e. The number of nitrogens with zero attached hydrogens (tertiary/aromatic N) is 1. The number of hydrogen-bond donors (Lipinski definition) is 2. The lowest BCUT2D eigenvalue weighted by atomic mass is 9.93. The molecule has 160 valence electrons. The van der Waals surface area contributed by atoms with Crippen LogP contribution in [0.5, 0.6) is 17.2 Å². The maximum atomic E-state index is 10.5. The number of aryl methyl sites for hydroxylation is 1. The summed E-state index contributed by atoms with van der Waals surface area (Å²) in [6.07, 6.45) is 1.41. The summed E-state index contributed by atoms with van der Waals surface area (Å²) in [5, 5.41) is 14.1. The van der Waals surface area contributed by atoms with Crippen LogP contribution in [-0.4, -0.2) is 25.0 Å². The lowest BCUT2D eigenvalue weighted by Gasteiger charge is -2.31. The van der Waals surface area contributed by atoms with E-state index >= 15 is 0 Å². The van der Waals surface area contributed by atoms with Crippen LogP contribution >= 0.6 is 0 Å². The SMILES string of the molecule is CCc1ccc(C2=N[C@H](c3ccc(OC)c(OC)c3)N[C@H](c3ccccc3O)C2)cc1. The first kappa shape index (κ1) is 20.9. The van der Waals surface area contributed by atoms with Crippen molar-refractivity contribution in [1.29, 1.82) is 0 Å². The van der Waals surface area contributed by atoms with Crippen LogP contribution in [0.4, 0.5) is 0 Å². The van der Waals surface area contributed by atoms with Gasteiger partial charge in [-0.05, 0) is 41.3 Å². The fourth-order valence-electron chi connectivity index (χ4n) is 3.99. The van der Waals surface area contributed by atoms with Gasteiger partial charge >= 0.3 is 0 Å². The lowest BCUT2D eigenvalue weighted by molar-refractivity contribution is 0.353. The van der Waals surface area contributed by atoms with Crippen molar-refractivity contribution in [2.45, 2.75) is 32.0 Å². The smallest absolute Gasteiger partial charge is 0.161 e. The fraction of sp³-hybridized carbons (Fsp3) is 0.269. The highest BCUT2D eigenvalue weighted by Gasteiger charge is 2.28. The van der Waals surface area contributed by atoms with Crippen molar-refractivity contribution in [1.82, 2.24) is 5.32 Å². The molecule has 2 atom stereocenters. The molecule has 3 aromatic carbocycles. The van der Waals surface area contributed by atoms with Crippen LogP contribution in [0.2, 0.25) is 0 Å². The second-order valence-corrected chi connectivity index (χ2v) is 7.63. The van der Waals surface area contributed by atoms with Crippen molar-refractivity contribution in [3.05, 3.63) is 89.0 Å². The van der Waals surface area contributed by atoms with Gasteiger partial charge in [0.2, 0.25) is 0 Å². The third-order valence-electron chi connectivity index (χ3n) is 5.77. The fourth-order valence-corrected chi connectivity index (χ4v) is 3.99. The molecule has 1 heterocycles. The first-order valence-corrected chi connectivity index (χ1v) is 10.5. The van der Waals surface area contributed by atoms with Gasteiger partial charge in [0.15, 0.2) is 11.5 Å². The Balaban J connectivity index is 1.75. The molecule has 0 aliphatic carbocycles. The molecule has 5 heteroatoms. The van der Waals surface area contributed by atoms with E-state index in [9.17, 15) is 5.11 Å². The number of nitrogens with one attached hydrogen (secondary N) is 1. The summed E-state index contributed by atoms with van der Waals surface area (Å²) in [4.78, 5) is 5.04. The van der Waals surface area contributed by atoms with E-state index in [1.54, 1.807) is 20.3 Å². The zero-order chi connectivity index (χ0) is 21.8. The average Bonchev–Trinajstić information content (AvgIpc) is 2.83. The summed E-state index contributed by atoms with van der Waals surface area (Å²) in [5.41, 5.74) is 5.25. The Labute approximate surface area is 183 Å². The Hall–Kier alpha value is -3.31. The van der Waals surface area contributed by atoms with Gasteiger partial charge in [0.1, 0.15) is 11.9 Å². The molecule has 0 aromatic heterocycles. The molecule has 0 spiro atoms. The van der Waals surface area contributed by atoms with E-state index in [4.69, 9.17) is 14.5 Å². The van der Waals surface area contributed by atoms with Gasteiger partial charge in [-0.15, -0.1) is 0 Å². The molecule has 0 bridgehead atoms. The van der Waals surface area contributed by atoms with Gasteiger partial charge in [-0.1, -0.05) is 55.5 Å². The molecule has 5 nitrogen and oxygen atoms in total. The zero-order valence-electron chi connectivity index (χ0n) is 18.1. The van der Waals surface area contributed by atoms with E-state index < -0.39 is 0 Å². The molecular formula is C26H28N2O3. The molecule has 31 heavy (non-hydrogen) atoms. The molecule has 3 aromatic rings. The molecule has 1 aliphatic heterocycles. The van der Waals surface area contributed by atoms with Crippen LogP contribution in [0.1, 0.15) is 47.8 Å². The maximum Gasteiger partial charge on any atom is 0.161 e. The van der Waals surface area contributed by atoms with Crippen molar-refractivity contribution in [3.63, 3.8) is 0 Å². The quantitative estimate of drug-likeness (QED) is 0.580. The van der Waals surface area contributed by atoms with E-state index in [0.29, 0.717) is 17.9 Å². The highest BCUT2D eigenvalue weighted by Crippen LogP contribution is 2.36. The molecule has 0 amide bonds. The minimum Gasteiger partial charge on any atom is -0.508 e. The highest BCUT2D eigenvalue weighted by atomic mass is 16.5. The summed E-state index contributed by atoms with van der Waals surface area (Å²) in [6.45, 7) is 2.15. The maximum absolute atomic E-state index is 10.5. The van der Waals surface area contributed by atoms with Crippen LogP contribution < -0.4 is 14.8 Å². The Kier molecular flexibility index (Phi) is 6.23. The van der Waals surface area contributed by atoms with Crippen molar-refractivity contribution in [3.8, 4) is 17.2 Å². The molecule has 0 radical (unpaired) electrons. The van der Waals surface area contributed by atoms with E-state index in [1.807, 2.05) is 36.4 Å². The van der Waals surface area contributed by atoms with Gasteiger partial charge in [0.05, 0.1) is 14.2 Å². The summed E-state index contributed by atoms with van der Waals surface area (Å²) >= 11 is 0. The summed E-state index contributed by atoms with van der Waals surface area (Å²) < 4.78 is 10.9. The van der Waals surface area contributed by atoms with Gasteiger partial charge in [-0.25, -0.2) is 0 Å². The molecule has 4 rings (SSSR count). The number of phenolic OH excluding ortho intramolecular Hbond substituents is 1. The minimum atomic E-state index is -0.279. The number of hydrogen-bond acceptors (Lipinski definition) is 5. The number of benzene rings is 3. The first-order chi connectivity index (χ1) is 15.1. The Morgan fingerprint density at radius 3 is 2.39 bits per heavy atom. The molecular weight excluding hydrogens is 388 g/mol. The van der Waals surface area contributed by atoms with Crippen molar-refractivity contribution < 1.29 is 14.6 Å². The zero-order valence-corrected chi connectivity index (χ0v) is 18.1. The highest BCUT2D eigenvalue weighted by molar-refractivity contribution is 6.01. The van der Waals surface area contributed by atoms with E-state index in [1.165, 1.54) is 5.56 Å². The number of rotatable bonds is 6.